The highest BCUT2D eigenvalue weighted by Gasteiger charge is 2.64. The summed E-state index contributed by atoms with van der Waals surface area (Å²) in [4.78, 5) is 9.44. The molecule has 45 heavy (non-hydrogen) atoms. The lowest BCUT2D eigenvalue weighted by Gasteiger charge is -2.29. The van der Waals surface area contributed by atoms with Crippen molar-refractivity contribution in [1.29, 1.82) is 0 Å². The number of Topliss-reactive ketones (excluding diaryl/α,β-unsaturated/α-hetero) is 1. The summed E-state index contributed by atoms with van der Waals surface area (Å²) in [5.41, 5.74) is -3.12. The number of halogens is 6. The molecule has 0 saturated carbocycles. The van der Waals surface area contributed by atoms with Gasteiger partial charge in [0.1, 0.15) is 21.4 Å². The summed E-state index contributed by atoms with van der Waals surface area (Å²) >= 11 is 1.75. The summed E-state index contributed by atoms with van der Waals surface area (Å²) in [6.45, 7) is 16.3. The lowest BCUT2D eigenvalue weighted by molar-refractivity contribution is -0.327. The molecule has 6 nitrogen and oxygen atoms in total. The van der Waals surface area contributed by atoms with Crippen LogP contribution < -0.4 is 4.74 Å². The number of rotatable bonds is 1. The van der Waals surface area contributed by atoms with Crippen LogP contribution in [0.2, 0.25) is 0 Å². The Morgan fingerprint density at radius 1 is 0.711 bits per heavy atom. The van der Waals surface area contributed by atoms with Crippen molar-refractivity contribution < 1.29 is 53.8 Å². The average molecular weight is 711 g/mol. The van der Waals surface area contributed by atoms with E-state index in [9.17, 15) is 39.6 Å². The Morgan fingerprint density at radius 3 is 0.933 bits per heavy atom. The van der Waals surface area contributed by atoms with E-state index in [1.54, 1.807) is 47.3 Å². The molecule has 0 bridgehead atoms. The zero-order chi connectivity index (χ0) is 38.7. The number of ether oxygens (including phenoxy) is 3. The lowest BCUT2D eigenvalue weighted by Crippen LogP contribution is -2.44. The molecule has 0 aromatic heterocycles. The molecule has 0 radical (unpaired) electrons. The highest BCUT2D eigenvalue weighted by atomic mass is 32.2. The monoisotopic (exact) mass is 710 g/mol. The van der Waals surface area contributed by atoms with Crippen LogP contribution in [0, 0.1) is 10.8 Å². The van der Waals surface area contributed by atoms with Crippen LogP contribution >= 0.6 is 11.8 Å². The molecular formula is C31H64F6O6S2. The summed E-state index contributed by atoms with van der Waals surface area (Å²) in [6.07, 6.45) is -2.84. The second-order valence-corrected chi connectivity index (χ2v) is 14.2. The SMILES string of the molecule is CC(C)(C(F)(F)F)C(F)(F)F.CC(C)(C)C.CC(C)=O.CCC.COC.COC.COc1ccccc1.CS(C)(=O)=O.CSC. The van der Waals surface area contributed by atoms with Gasteiger partial charge >= 0.3 is 12.4 Å². The van der Waals surface area contributed by atoms with Gasteiger partial charge < -0.3 is 19.0 Å². The molecule has 0 heterocycles. The fourth-order valence-corrected chi connectivity index (χ4v) is 0.717. The number of methoxy groups -OCH3 is 3. The number of sulfone groups is 1. The minimum absolute atomic E-state index is 0.104. The summed E-state index contributed by atoms with van der Waals surface area (Å²) in [5.74, 6) is 1.08. The van der Waals surface area contributed by atoms with Gasteiger partial charge in [0, 0.05) is 41.0 Å². The Balaban J connectivity index is -0.0000000601. The van der Waals surface area contributed by atoms with Gasteiger partial charge in [-0.1, -0.05) is 66.2 Å². The molecule has 0 aliphatic carbocycles. The second kappa shape index (κ2) is 37.0. The quantitative estimate of drug-likeness (QED) is 0.269. The van der Waals surface area contributed by atoms with Crippen molar-refractivity contribution in [2.75, 3.05) is 60.6 Å². The van der Waals surface area contributed by atoms with Crippen LogP contribution in [0.1, 0.15) is 75.7 Å². The Morgan fingerprint density at radius 2 is 0.867 bits per heavy atom. The second-order valence-electron chi connectivity index (χ2n) is 11.1. The average Bonchev–Trinajstić information content (AvgIpc) is 2.78. The molecule has 1 rings (SSSR count). The number of ketones is 1. The number of thioether (sulfide) groups is 1. The van der Waals surface area contributed by atoms with Gasteiger partial charge in [0.15, 0.2) is 5.41 Å². The highest BCUT2D eigenvalue weighted by molar-refractivity contribution is 7.97. The molecule has 0 aliphatic heterocycles. The predicted molar refractivity (Wildman–Crippen MR) is 182 cm³/mol. The van der Waals surface area contributed by atoms with Gasteiger partial charge in [-0.15, -0.1) is 0 Å². The zero-order valence-electron chi connectivity index (χ0n) is 31.1. The van der Waals surface area contributed by atoms with Crippen LogP contribution in [-0.2, 0) is 24.1 Å². The third-order valence-corrected chi connectivity index (χ3v) is 2.40. The molecule has 0 atom stereocenters. The van der Waals surface area contributed by atoms with E-state index in [0.717, 1.165) is 18.3 Å². The van der Waals surface area contributed by atoms with E-state index in [1.165, 1.54) is 20.3 Å². The maximum absolute atomic E-state index is 11.6. The first kappa shape index (κ1) is 62.3. The molecule has 0 unspecified atom stereocenters. The molecule has 0 N–H and O–H groups in total. The topological polar surface area (TPSA) is 78.9 Å². The molecule has 14 heteroatoms. The Hall–Kier alpha value is -1.51. The number of alkyl halides is 6. The minimum atomic E-state index is -5.24. The van der Waals surface area contributed by atoms with Gasteiger partial charge in [-0.2, -0.15) is 38.1 Å². The van der Waals surface area contributed by atoms with Crippen molar-refractivity contribution in [3.8, 4) is 5.75 Å². The summed E-state index contributed by atoms with van der Waals surface area (Å²) in [5, 5.41) is 0. The van der Waals surface area contributed by atoms with Crippen LogP contribution in [0.25, 0.3) is 0 Å². The molecule has 0 spiro atoms. The van der Waals surface area contributed by atoms with Crippen LogP contribution in [-0.4, -0.2) is 87.1 Å². The van der Waals surface area contributed by atoms with Crippen LogP contribution in [0.5, 0.6) is 5.75 Å². The highest BCUT2D eigenvalue weighted by Crippen LogP contribution is 2.49. The number of hydrogen-bond acceptors (Lipinski definition) is 7. The summed E-state index contributed by atoms with van der Waals surface area (Å²) in [6, 6.07) is 9.68. The van der Waals surface area contributed by atoms with E-state index in [0.29, 0.717) is 5.41 Å². The first-order valence-corrected chi connectivity index (χ1v) is 17.3. The van der Waals surface area contributed by atoms with Gasteiger partial charge in [-0.25, -0.2) is 8.42 Å². The van der Waals surface area contributed by atoms with Gasteiger partial charge in [0.25, 0.3) is 0 Å². The number of carbonyl (C=O) groups is 1. The number of para-hydroxylation sites is 1. The maximum atomic E-state index is 11.6. The van der Waals surface area contributed by atoms with Gasteiger partial charge in [-0.3, -0.25) is 0 Å². The molecule has 0 amide bonds. The largest absolute Gasteiger partial charge is 0.497 e. The van der Waals surface area contributed by atoms with E-state index >= 15 is 0 Å². The first-order valence-electron chi connectivity index (χ1n) is 13.4. The van der Waals surface area contributed by atoms with E-state index in [2.05, 4.69) is 51.0 Å². The van der Waals surface area contributed by atoms with Crippen molar-refractivity contribution in [3.63, 3.8) is 0 Å². The van der Waals surface area contributed by atoms with E-state index in [4.69, 9.17) is 4.74 Å². The lowest BCUT2D eigenvalue weighted by atomic mass is 9.92. The maximum Gasteiger partial charge on any atom is 0.402 e. The van der Waals surface area contributed by atoms with Crippen molar-refractivity contribution in [3.05, 3.63) is 30.3 Å². The first-order chi connectivity index (χ1) is 19.8. The Kier molecular flexibility index (Phi) is 51.2. The number of hydrogen-bond donors (Lipinski definition) is 0. The molecule has 0 aliphatic rings. The smallest absolute Gasteiger partial charge is 0.402 e. The molecule has 0 saturated heterocycles. The van der Waals surface area contributed by atoms with Crippen LogP contribution in [0.3, 0.4) is 0 Å². The molecular weight excluding hydrogens is 646 g/mol. The van der Waals surface area contributed by atoms with E-state index < -0.39 is 27.6 Å². The number of carbonyl (C=O) groups excluding carboxylic acids is 1. The van der Waals surface area contributed by atoms with Gasteiger partial charge in [-0.05, 0) is 57.8 Å². The molecule has 1 aromatic carbocycles. The fraction of sp³-hybridized carbons (Fsp3) is 0.774. The van der Waals surface area contributed by atoms with Gasteiger partial charge in [0.05, 0.1) is 7.11 Å². The van der Waals surface area contributed by atoms with Gasteiger partial charge in [0.2, 0.25) is 0 Å². The molecule has 1 aromatic rings. The Bertz CT molecular complexity index is 767. The summed E-state index contributed by atoms with van der Waals surface area (Å²) in [7, 11) is 5.50. The number of benzene rings is 1. The minimum Gasteiger partial charge on any atom is -0.497 e. The molecule has 0 fully saturated rings. The van der Waals surface area contributed by atoms with Crippen LogP contribution in [0.4, 0.5) is 26.3 Å². The standard InChI is InChI=1S/C7H8O.C5H6F6.C5H12.C3H6O.C3H8.C2H6O2S.2C2H6O.C2H6S/c1-8-7-5-3-2-4-6-7;1-3(2,4(6,7)8)5(9,10)11;1-5(2,3)4;1-3(2)4;1-3-2;1-5(2,3)4;3*1-3-2/h2-6H,1H3;1-2H3;1-4H3;1-2H3;3H2,1-2H3;1-2H3;3*1-2H3. The normalized spacial score (nSPS) is 10.1. The third kappa shape index (κ3) is 99.3. The van der Waals surface area contributed by atoms with Crippen molar-refractivity contribution in [2.24, 2.45) is 10.8 Å². The van der Waals surface area contributed by atoms with Crippen molar-refractivity contribution in [2.45, 2.75) is 88.0 Å². The van der Waals surface area contributed by atoms with E-state index in [1.807, 2.05) is 42.8 Å². The van der Waals surface area contributed by atoms with E-state index in [-0.39, 0.29) is 19.6 Å². The van der Waals surface area contributed by atoms with Crippen molar-refractivity contribution in [1.82, 2.24) is 0 Å². The summed E-state index contributed by atoms with van der Waals surface area (Å²) < 4.78 is 102. The van der Waals surface area contributed by atoms with Crippen LogP contribution in [0.15, 0.2) is 30.3 Å². The van der Waals surface area contributed by atoms with Crippen molar-refractivity contribution >= 4 is 27.4 Å². The Labute approximate surface area is 276 Å². The fourth-order valence-electron chi connectivity index (χ4n) is 0.717. The zero-order valence-corrected chi connectivity index (χ0v) is 32.8. The molecule has 278 valence electrons. The third-order valence-electron chi connectivity index (χ3n) is 2.40. The predicted octanol–water partition coefficient (Wildman–Crippen LogP) is 10.1.